The fraction of sp³-hybridized carbons (Fsp3) is 0.118. The first kappa shape index (κ1) is 14.2. The molecule has 0 aliphatic heterocycles. The predicted octanol–water partition coefficient (Wildman–Crippen LogP) is 2.79. The lowest BCUT2D eigenvalue weighted by atomic mass is 10.1. The molecule has 0 saturated carbocycles. The number of para-hydroxylation sites is 1. The third kappa shape index (κ3) is 2.94. The summed E-state index contributed by atoms with van der Waals surface area (Å²) in [5.41, 5.74) is 2.11. The van der Waals surface area contributed by atoms with Crippen molar-refractivity contribution in [3.63, 3.8) is 0 Å². The molecule has 0 spiro atoms. The highest BCUT2D eigenvalue weighted by Crippen LogP contribution is 2.20. The van der Waals surface area contributed by atoms with E-state index in [1.165, 1.54) is 0 Å². The second-order valence-corrected chi connectivity index (χ2v) is 4.80. The number of nitrogens with one attached hydrogen (secondary N) is 2. The van der Waals surface area contributed by atoms with E-state index in [9.17, 15) is 4.79 Å². The minimum absolute atomic E-state index is 0.0291. The largest absolute Gasteiger partial charge is 0.491 e. The second-order valence-electron chi connectivity index (χ2n) is 4.80. The molecule has 22 heavy (non-hydrogen) atoms. The molecule has 0 aliphatic carbocycles. The van der Waals surface area contributed by atoms with Crippen LogP contribution in [0.4, 0.5) is 5.69 Å². The Morgan fingerprint density at radius 3 is 2.73 bits per heavy atom. The molecule has 1 amide bonds. The van der Waals surface area contributed by atoms with Gasteiger partial charge in [0.15, 0.2) is 0 Å². The second kappa shape index (κ2) is 6.32. The lowest BCUT2D eigenvalue weighted by molar-refractivity contribution is 0.102. The summed E-state index contributed by atoms with van der Waals surface area (Å²) in [6.07, 6.45) is 1.81. The van der Waals surface area contributed by atoms with Gasteiger partial charge in [-0.25, -0.2) is 0 Å². The van der Waals surface area contributed by atoms with Crippen LogP contribution in [0.25, 0.3) is 10.9 Å². The van der Waals surface area contributed by atoms with Gasteiger partial charge in [0, 0.05) is 17.3 Å². The third-order valence-electron chi connectivity index (χ3n) is 3.30. The Balaban J connectivity index is 1.75. The molecule has 0 aliphatic rings. The number of carbonyl (C=O) groups is 1. The Labute approximate surface area is 127 Å². The zero-order chi connectivity index (χ0) is 15.4. The Bertz CT molecular complexity index is 778. The Morgan fingerprint density at radius 1 is 1.14 bits per heavy atom. The highest BCUT2D eigenvalue weighted by molar-refractivity contribution is 6.11. The summed E-state index contributed by atoms with van der Waals surface area (Å²) >= 11 is 0. The number of aliphatic hydroxyl groups excluding tert-OH is 1. The van der Waals surface area contributed by atoms with E-state index >= 15 is 0 Å². The number of hydrogen-bond acceptors (Lipinski definition) is 3. The van der Waals surface area contributed by atoms with Crippen LogP contribution in [0, 0.1) is 0 Å². The molecule has 3 rings (SSSR count). The maximum absolute atomic E-state index is 12.4. The summed E-state index contributed by atoms with van der Waals surface area (Å²) in [7, 11) is 0. The lowest BCUT2D eigenvalue weighted by Gasteiger charge is -2.08. The quantitative estimate of drug-likeness (QED) is 0.677. The summed E-state index contributed by atoms with van der Waals surface area (Å²) in [6.45, 7) is 0.221. The Hall–Kier alpha value is -2.79. The normalized spacial score (nSPS) is 10.6. The van der Waals surface area contributed by atoms with Gasteiger partial charge in [0.25, 0.3) is 5.91 Å². The van der Waals surface area contributed by atoms with Gasteiger partial charge in [-0.05, 0) is 36.4 Å². The van der Waals surface area contributed by atoms with Crippen LogP contribution in [-0.2, 0) is 0 Å². The molecule has 5 heteroatoms. The molecule has 0 unspecified atom stereocenters. The SMILES string of the molecule is O=C(Nc1ccc(OCCO)cc1)c1cccc2cc[nH]c12. The van der Waals surface area contributed by atoms with Crippen LogP contribution in [0.15, 0.2) is 54.7 Å². The topological polar surface area (TPSA) is 74.3 Å². The van der Waals surface area contributed by atoms with Crippen molar-refractivity contribution in [1.82, 2.24) is 4.98 Å². The van der Waals surface area contributed by atoms with Crippen LogP contribution in [0.3, 0.4) is 0 Å². The summed E-state index contributed by atoms with van der Waals surface area (Å²) in [5.74, 6) is 0.482. The average Bonchev–Trinajstić information content (AvgIpc) is 3.02. The number of carbonyl (C=O) groups excluding carboxylic acids is 1. The van der Waals surface area contributed by atoms with Crippen molar-refractivity contribution in [1.29, 1.82) is 0 Å². The number of fused-ring (bicyclic) bond motifs is 1. The minimum Gasteiger partial charge on any atom is -0.491 e. The molecular weight excluding hydrogens is 280 g/mol. The highest BCUT2D eigenvalue weighted by atomic mass is 16.5. The zero-order valence-electron chi connectivity index (χ0n) is 11.9. The zero-order valence-corrected chi connectivity index (χ0v) is 11.9. The van der Waals surface area contributed by atoms with E-state index in [4.69, 9.17) is 9.84 Å². The van der Waals surface area contributed by atoms with Gasteiger partial charge in [-0.15, -0.1) is 0 Å². The van der Waals surface area contributed by atoms with E-state index in [-0.39, 0.29) is 19.1 Å². The van der Waals surface area contributed by atoms with Crippen molar-refractivity contribution in [2.24, 2.45) is 0 Å². The Morgan fingerprint density at radius 2 is 1.95 bits per heavy atom. The molecule has 2 aromatic carbocycles. The van der Waals surface area contributed by atoms with Crippen LogP contribution >= 0.6 is 0 Å². The van der Waals surface area contributed by atoms with Gasteiger partial charge in [-0.3, -0.25) is 4.79 Å². The number of benzene rings is 2. The molecule has 0 radical (unpaired) electrons. The van der Waals surface area contributed by atoms with Gasteiger partial charge < -0.3 is 20.1 Å². The van der Waals surface area contributed by atoms with E-state index in [1.54, 1.807) is 30.3 Å². The van der Waals surface area contributed by atoms with Crippen LogP contribution in [0.1, 0.15) is 10.4 Å². The molecule has 0 atom stereocenters. The average molecular weight is 296 g/mol. The van der Waals surface area contributed by atoms with E-state index in [1.807, 2.05) is 24.4 Å². The summed E-state index contributed by atoms with van der Waals surface area (Å²) in [5, 5.41) is 12.6. The number of hydrogen-bond donors (Lipinski definition) is 3. The van der Waals surface area contributed by atoms with E-state index in [0.29, 0.717) is 17.0 Å². The van der Waals surface area contributed by atoms with E-state index < -0.39 is 0 Å². The first-order chi connectivity index (χ1) is 10.8. The molecule has 3 N–H and O–H groups in total. The number of aromatic amines is 1. The van der Waals surface area contributed by atoms with E-state index in [0.717, 1.165) is 10.9 Å². The van der Waals surface area contributed by atoms with Crippen molar-refractivity contribution in [2.75, 3.05) is 18.5 Å². The van der Waals surface area contributed by atoms with Crippen molar-refractivity contribution < 1.29 is 14.6 Å². The van der Waals surface area contributed by atoms with E-state index in [2.05, 4.69) is 10.3 Å². The van der Waals surface area contributed by atoms with Crippen molar-refractivity contribution in [2.45, 2.75) is 0 Å². The van der Waals surface area contributed by atoms with Crippen molar-refractivity contribution in [3.8, 4) is 5.75 Å². The van der Waals surface area contributed by atoms with Gasteiger partial charge in [0.05, 0.1) is 17.7 Å². The first-order valence-corrected chi connectivity index (χ1v) is 6.99. The molecule has 0 bridgehead atoms. The van der Waals surface area contributed by atoms with Crippen LogP contribution < -0.4 is 10.1 Å². The smallest absolute Gasteiger partial charge is 0.257 e. The van der Waals surface area contributed by atoms with Gasteiger partial charge >= 0.3 is 0 Å². The van der Waals surface area contributed by atoms with Gasteiger partial charge in [0.2, 0.25) is 0 Å². The fourth-order valence-corrected chi connectivity index (χ4v) is 2.27. The van der Waals surface area contributed by atoms with Gasteiger partial charge in [0.1, 0.15) is 12.4 Å². The molecule has 0 fully saturated rings. The lowest BCUT2D eigenvalue weighted by Crippen LogP contribution is -2.12. The number of H-pyrrole nitrogens is 1. The van der Waals surface area contributed by atoms with Gasteiger partial charge in [-0.2, -0.15) is 0 Å². The molecule has 3 aromatic rings. The number of rotatable bonds is 5. The minimum atomic E-state index is -0.169. The van der Waals surface area contributed by atoms with Crippen LogP contribution in [0.5, 0.6) is 5.75 Å². The number of amides is 1. The molecular formula is C17H16N2O3. The maximum Gasteiger partial charge on any atom is 0.257 e. The van der Waals surface area contributed by atoms with Crippen LogP contribution in [-0.4, -0.2) is 29.2 Å². The molecule has 112 valence electrons. The maximum atomic E-state index is 12.4. The number of aromatic nitrogens is 1. The number of aliphatic hydroxyl groups is 1. The van der Waals surface area contributed by atoms with Gasteiger partial charge in [-0.1, -0.05) is 12.1 Å². The number of ether oxygens (including phenoxy) is 1. The van der Waals surface area contributed by atoms with Crippen LogP contribution in [0.2, 0.25) is 0 Å². The number of anilines is 1. The molecule has 5 nitrogen and oxygen atoms in total. The van der Waals surface area contributed by atoms with Crippen molar-refractivity contribution in [3.05, 3.63) is 60.3 Å². The van der Waals surface area contributed by atoms with Crippen molar-refractivity contribution >= 4 is 22.5 Å². The summed E-state index contributed by atoms with van der Waals surface area (Å²) in [6, 6.07) is 14.6. The fourth-order valence-electron chi connectivity index (χ4n) is 2.27. The molecule has 1 aromatic heterocycles. The summed E-state index contributed by atoms with van der Waals surface area (Å²) < 4.78 is 5.28. The summed E-state index contributed by atoms with van der Waals surface area (Å²) in [4.78, 5) is 15.5. The Kier molecular flexibility index (Phi) is 4.07. The molecule has 1 heterocycles. The first-order valence-electron chi connectivity index (χ1n) is 6.99. The molecule has 0 saturated heterocycles. The third-order valence-corrected chi connectivity index (χ3v) is 3.30. The monoisotopic (exact) mass is 296 g/mol. The highest BCUT2D eigenvalue weighted by Gasteiger charge is 2.10. The predicted molar refractivity (Wildman–Crippen MR) is 85.3 cm³/mol. The standard InChI is InChI=1S/C17H16N2O3/c20-10-11-22-14-6-4-13(5-7-14)19-17(21)15-3-1-2-12-8-9-18-16(12)15/h1-9,18,20H,10-11H2,(H,19,21).